The Morgan fingerprint density at radius 3 is 2.71 bits per heavy atom. The SMILES string of the molecule is CCNC(=O)c1ccc(NC(CC)c2cccs2)c(N)c1. The lowest BCUT2D eigenvalue weighted by atomic mass is 10.1. The predicted octanol–water partition coefficient (Wildman–Crippen LogP) is 3.64. The van der Waals surface area contributed by atoms with E-state index in [1.807, 2.05) is 19.1 Å². The van der Waals surface area contributed by atoms with Crippen molar-refractivity contribution < 1.29 is 4.79 Å². The number of nitrogens with one attached hydrogen (secondary N) is 2. The lowest BCUT2D eigenvalue weighted by Gasteiger charge is -2.18. The third-order valence-electron chi connectivity index (χ3n) is 3.28. The predicted molar refractivity (Wildman–Crippen MR) is 89.8 cm³/mol. The molecule has 0 aliphatic rings. The first-order valence-corrected chi connectivity index (χ1v) is 8.01. The third-order valence-corrected chi connectivity index (χ3v) is 4.26. The van der Waals surface area contributed by atoms with E-state index in [0.29, 0.717) is 17.8 Å². The molecule has 1 aromatic carbocycles. The zero-order chi connectivity index (χ0) is 15.2. The summed E-state index contributed by atoms with van der Waals surface area (Å²) in [5, 5.41) is 8.29. The summed E-state index contributed by atoms with van der Waals surface area (Å²) < 4.78 is 0. The highest BCUT2D eigenvalue weighted by Gasteiger charge is 2.13. The zero-order valence-corrected chi connectivity index (χ0v) is 13.2. The molecule has 5 heteroatoms. The Bertz CT molecular complexity index is 596. The number of benzene rings is 1. The van der Waals surface area contributed by atoms with Crippen molar-refractivity contribution in [2.24, 2.45) is 0 Å². The molecule has 0 aliphatic carbocycles. The molecule has 1 unspecified atom stereocenters. The Kier molecular flexibility index (Phi) is 5.22. The number of hydrogen-bond donors (Lipinski definition) is 3. The van der Waals surface area contributed by atoms with E-state index in [-0.39, 0.29) is 11.9 Å². The van der Waals surface area contributed by atoms with Crippen molar-refractivity contribution in [3.63, 3.8) is 0 Å². The van der Waals surface area contributed by atoms with Crippen LogP contribution in [0.1, 0.15) is 41.5 Å². The second-order valence-electron chi connectivity index (χ2n) is 4.78. The van der Waals surface area contributed by atoms with Crippen LogP contribution in [0.5, 0.6) is 0 Å². The van der Waals surface area contributed by atoms with E-state index in [2.05, 4.69) is 29.0 Å². The van der Waals surface area contributed by atoms with Crippen molar-refractivity contribution in [2.45, 2.75) is 26.3 Å². The Balaban J connectivity index is 2.15. The second kappa shape index (κ2) is 7.13. The number of rotatable bonds is 6. The van der Waals surface area contributed by atoms with Crippen molar-refractivity contribution in [1.82, 2.24) is 5.32 Å². The van der Waals surface area contributed by atoms with Gasteiger partial charge in [-0.15, -0.1) is 11.3 Å². The van der Waals surface area contributed by atoms with E-state index in [1.54, 1.807) is 23.5 Å². The number of carbonyl (C=O) groups excluding carboxylic acids is 1. The smallest absolute Gasteiger partial charge is 0.251 e. The van der Waals surface area contributed by atoms with Crippen LogP contribution in [-0.2, 0) is 0 Å². The van der Waals surface area contributed by atoms with Gasteiger partial charge in [-0.25, -0.2) is 0 Å². The van der Waals surface area contributed by atoms with Crippen LogP contribution in [0, 0.1) is 0 Å². The average Bonchev–Trinajstić information content (AvgIpc) is 3.00. The van der Waals surface area contributed by atoms with Gasteiger partial charge in [0.05, 0.1) is 17.4 Å². The Hall–Kier alpha value is -2.01. The molecule has 1 heterocycles. The van der Waals surface area contributed by atoms with Gasteiger partial charge in [0.15, 0.2) is 0 Å². The summed E-state index contributed by atoms with van der Waals surface area (Å²) in [6, 6.07) is 9.79. The molecule has 1 amide bonds. The number of thiophene rings is 1. The molecule has 112 valence electrons. The summed E-state index contributed by atoms with van der Waals surface area (Å²) in [6.07, 6.45) is 0.970. The monoisotopic (exact) mass is 303 g/mol. The highest BCUT2D eigenvalue weighted by molar-refractivity contribution is 7.10. The van der Waals surface area contributed by atoms with Crippen LogP contribution in [0.25, 0.3) is 0 Å². The summed E-state index contributed by atoms with van der Waals surface area (Å²) in [5.41, 5.74) is 8.12. The van der Waals surface area contributed by atoms with Crippen LogP contribution in [0.4, 0.5) is 11.4 Å². The lowest BCUT2D eigenvalue weighted by Crippen LogP contribution is -2.22. The van der Waals surface area contributed by atoms with Crippen LogP contribution < -0.4 is 16.4 Å². The maximum Gasteiger partial charge on any atom is 0.251 e. The highest BCUT2D eigenvalue weighted by atomic mass is 32.1. The van der Waals surface area contributed by atoms with Gasteiger partial charge in [0.25, 0.3) is 5.91 Å². The number of nitrogen functional groups attached to an aromatic ring is 1. The Morgan fingerprint density at radius 1 is 1.33 bits per heavy atom. The lowest BCUT2D eigenvalue weighted by molar-refractivity contribution is 0.0956. The number of carbonyl (C=O) groups is 1. The van der Waals surface area contributed by atoms with Crippen molar-refractivity contribution in [3.8, 4) is 0 Å². The van der Waals surface area contributed by atoms with Crippen molar-refractivity contribution in [3.05, 3.63) is 46.2 Å². The third kappa shape index (κ3) is 3.76. The van der Waals surface area contributed by atoms with Crippen LogP contribution >= 0.6 is 11.3 Å². The maximum absolute atomic E-state index is 11.8. The number of nitrogens with two attached hydrogens (primary N) is 1. The van der Waals surface area contributed by atoms with E-state index < -0.39 is 0 Å². The molecule has 4 N–H and O–H groups in total. The molecule has 4 nitrogen and oxygen atoms in total. The maximum atomic E-state index is 11.8. The second-order valence-corrected chi connectivity index (χ2v) is 5.76. The molecule has 0 saturated heterocycles. The van der Waals surface area contributed by atoms with Crippen LogP contribution in [-0.4, -0.2) is 12.5 Å². The standard InChI is InChI=1S/C16H21N3OS/c1-3-13(15-6-5-9-21-15)19-14-8-7-11(10-12(14)17)16(20)18-4-2/h5-10,13,19H,3-4,17H2,1-2H3,(H,18,20). The average molecular weight is 303 g/mol. The quantitative estimate of drug-likeness (QED) is 0.714. The molecular weight excluding hydrogens is 282 g/mol. The molecule has 0 fully saturated rings. The van der Waals surface area contributed by atoms with E-state index >= 15 is 0 Å². The van der Waals surface area contributed by atoms with Crippen molar-refractivity contribution in [2.75, 3.05) is 17.6 Å². The van der Waals surface area contributed by atoms with Gasteiger partial charge >= 0.3 is 0 Å². The van der Waals surface area contributed by atoms with Crippen LogP contribution in [0.2, 0.25) is 0 Å². The molecule has 1 aromatic heterocycles. The normalized spacial score (nSPS) is 11.9. The number of hydrogen-bond acceptors (Lipinski definition) is 4. The molecule has 0 bridgehead atoms. The first-order chi connectivity index (χ1) is 10.2. The topological polar surface area (TPSA) is 67.2 Å². The van der Waals surface area contributed by atoms with Crippen LogP contribution in [0.3, 0.4) is 0 Å². The van der Waals surface area contributed by atoms with E-state index in [1.165, 1.54) is 4.88 Å². The molecule has 2 rings (SSSR count). The summed E-state index contributed by atoms with van der Waals surface area (Å²) >= 11 is 1.73. The van der Waals surface area contributed by atoms with Gasteiger partial charge in [0.2, 0.25) is 0 Å². The van der Waals surface area contributed by atoms with Crippen LogP contribution in [0.15, 0.2) is 35.7 Å². The van der Waals surface area contributed by atoms with Gasteiger partial charge in [0, 0.05) is 17.0 Å². The van der Waals surface area contributed by atoms with Gasteiger partial charge < -0.3 is 16.4 Å². The summed E-state index contributed by atoms with van der Waals surface area (Å²) in [5.74, 6) is -0.0963. The Morgan fingerprint density at radius 2 is 2.14 bits per heavy atom. The van der Waals surface area contributed by atoms with E-state index in [4.69, 9.17) is 5.73 Å². The summed E-state index contributed by atoms with van der Waals surface area (Å²) in [6.45, 7) is 4.63. The number of anilines is 2. The van der Waals surface area contributed by atoms with Crippen molar-refractivity contribution in [1.29, 1.82) is 0 Å². The fourth-order valence-corrected chi connectivity index (χ4v) is 3.01. The van der Waals surface area contributed by atoms with Gasteiger partial charge in [-0.1, -0.05) is 13.0 Å². The van der Waals surface area contributed by atoms with Gasteiger partial charge in [-0.2, -0.15) is 0 Å². The molecule has 0 radical (unpaired) electrons. The molecule has 0 spiro atoms. The first kappa shape index (κ1) is 15.4. The number of amides is 1. The fourth-order valence-electron chi connectivity index (χ4n) is 2.15. The minimum Gasteiger partial charge on any atom is -0.397 e. The molecule has 2 aromatic rings. The molecular formula is C16H21N3OS. The first-order valence-electron chi connectivity index (χ1n) is 7.13. The summed E-state index contributed by atoms with van der Waals surface area (Å²) in [4.78, 5) is 13.1. The van der Waals surface area contributed by atoms with Crippen molar-refractivity contribution >= 4 is 28.6 Å². The summed E-state index contributed by atoms with van der Waals surface area (Å²) in [7, 11) is 0. The van der Waals surface area contributed by atoms with E-state index in [9.17, 15) is 4.79 Å². The largest absolute Gasteiger partial charge is 0.397 e. The molecule has 0 saturated carbocycles. The van der Waals surface area contributed by atoms with Gasteiger partial charge in [-0.3, -0.25) is 4.79 Å². The molecule has 0 aliphatic heterocycles. The van der Waals surface area contributed by atoms with Gasteiger partial charge in [-0.05, 0) is 43.0 Å². The van der Waals surface area contributed by atoms with E-state index in [0.717, 1.165) is 12.1 Å². The molecule has 21 heavy (non-hydrogen) atoms. The van der Waals surface area contributed by atoms with Gasteiger partial charge in [0.1, 0.15) is 0 Å². The fraction of sp³-hybridized carbons (Fsp3) is 0.312. The minimum atomic E-state index is -0.0963. The Labute approximate surface area is 129 Å². The zero-order valence-electron chi connectivity index (χ0n) is 12.3. The minimum absolute atomic E-state index is 0.0963. The highest BCUT2D eigenvalue weighted by Crippen LogP contribution is 2.29. The molecule has 1 atom stereocenters.